The van der Waals surface area contributed by atoms with Crippen LogP contribution < -0.4 is 10.2 Å². The molecule has 1 aliphatic carbocycles. The predicted octanol–water partition coefficient (Wildman–Crippen LogP) is 3.26. The third-order valence-corrected chi connectivity index (χ3v) is 4.74. The summed E-state index contributed by atoms with van der Waals surface area (Å²) in [5, 5.41) is 2.58. The molecule has 0 radical (unpaired) electrons. The van der Waals surface area contributed by atoms with E-state index in [2.05, 4.69) is 20.3 Å². The van der Waals surface area contributed by atoms with Crippen molar-refractivity contribution >= 4 is 23.2 Å². The maximum atomic E-state index is 14.4. The molecule has 0 bridgehead atoms. The fourth-order valence-corrected chi connectivity index (χ4v) is 3.32. The minimum atomic E-state index is -3.28. The van der Waals surface area contributed by atoms with Gasteiger partial charge in [0, 0.05) is 43.6 Å². The number of nitrogens with one attached hydrogen (secondary N) is 1. The molecule has 1 saturated carbocycles. The fourth-order valence-electron chi connectivity index (χ4n) is 3.32. The van der Waals surface area contributed by atoms with Crippen molar-refractivity contribution in [3.63, 3.8) is 0 Å². The number of hydrogen-bond donors (Lipinski definition) is 1. The number of carbonyl (C=O) groups excluding carboxylic acids is 1. The summed E-state index contributed by atoms with van der Waals surface area (Å²) in [6.45, 7) is 2.45. The lowest BCUT2D eigenvalue weighted by molar-refractivity contribution is -0.114. The first-order chi connectivity index (χ1) is 12.2. The van der Waals surface area contributed by atoms with Gasteiger partial charge in [-0.1, -0.05) is 0 Å². The van der Waals surface area contributed by atoms with Crippen LogP contribution in [0.25, 0.3) is 0 Å². The van der Waals surface area contributed by atoms with Gasteiger partial charge in [0.25, 0.3) is 0 Å². The Bertz CT molecular complexity index is 908. The topological polar surface area (TPSA) is 71.0 Å². The van der Waals surface area contributed by atoms with Gasteiger partial charge in [-0.3, -0.25) is 4.79 Å². The van der Waals surface area contributed by atoms with E-state index in [4.69, 9.17) is 0 Å². The molecule has 2 aromatic heterocycles. The molecule has 2 aliphatic rings. The molecule has 0 atom stereocenters. The lowest BCUT2D eigenvalue weighted by Crippen LogP contribution is -2.23. The summed E-state index contributed by atoms with van der Waals surface area (Å²) in [6.07, 6.45) is 4.23. The van der Waals surface area contributed by atoms with Crippen molar-refractivity contribution in [3.8, 4) is 0 Å². The molecule has 9 heteroatoms. The van der Waals surface area contributed by atoms with E-state index < -0.39 is 17.6 Å². The van der Waals surface area contributed by atoms with E-state index in [1.807, 2.05) is 0 Å². The Hall–Kier alpha value is -2.71. The second kappa shape index (κ2) is 5.39. The van der Waals surface area contributed by atoms with E-state index in [0.717, 1.165) is 24.6 Å². The third-order valence-electron chi connectivity index (χ3n) is 4.74. The summed E-state index contributed by atoms with van der Waals surface area (Å²) in [4.78, 5) is 24.3. The molecule has 26 heavy (non-hydrogen) atoms. The van der Waals surface area contributed by atoms with E-state index in [-0.39, 0.29) is 17.1 Å². The second-order valence-corrected chi connectivity index (χ2v) is 6.89. The average molecular weight is 363 g/mol. The van der Waals surface area contributed by atoms with Crippen molar-refractivity contribution < 1.29 is 18.0 Å². The van der Waals surface area contributed by atoms with Crippen molar-refractivity contribution in [3.05, 3.63) is 35.7 Å². The molecule has 1 fully saturated rings. The molecule has 1 amide bonds. The highest BCUT2D eigenvalue weighted by Crippen LogP contribution is 2.58. The summed E-state index contributed by atoms with van der Waals surface area (Å²) in [5.41, 5.74) is 1.36. The second-order valence-electron chi connectivity index (χ2n) is 6.89. The molecule has 4 rings (SSSR count). The Balaban J connectivity index is 1.81. The average Bonchev–Trinajstić information content (AvgIpc) is 3.25. The van der Waals surface area contributed by atoms with Crippen LogP contribution in [0.2, 0.25) is 0 Å². The van der Waals surface area contributed by atoms with Crippen molar-refractivity contribution in [1.29, 1.82) is 0 Å². The van der Waals surface area contributed by atoms with Gasteiger partial charge in [0.15, 0.2) is 11.6 Å². The molecule has 0 unspecified atom stereocenters. The smallest absolute Gasteiger partial charge is 0.303 e. The molecular formula is C17H16F3N5O. The van der Waals surface area contributed by atoms with Gasteiger partial charge in [0.2, 0.25) is 11.7 Å². The van der Waals surface area contributed by atoms with E-state index in [0.29, 0.717) is 25.0 Å². The number of alkyl halides is 2. The highest BCUT2D eigenvalue weighted by molar-refractivity contribution is 5.89. The first-order valence-electron chi connectivity index (χ1n) is 8.16. The van der Waals surface area contributed by atoms with Crippen molar-refractivity contribution in [2.24, 2.45) is 0 Å². The van der Waals surface area contributed by atoms with Crippen LogP contribution in [0, 0.1) is 5.82 Å². The van der Waals surface area contributed by atoms with Gasteiger partial charge in [0.1, 0.15) is 5.82 Å². The SMILES string of the molecule is CC(=O)Nc1cc2c(cn1)C1(CC1)CN2c1nc(C(C)(F)F)ncc1F. The van der Waals surface area contributed by atoms with Gasteiger partial charge in [-0.15, -0.1) is 0 Å². The van der Waals surface area contributed by atoms with Crippen molar-refractivity contribution in [2.45, 2.75) is 38.0 Å². The third kappa shape index (κ3) is 2.67. The van der Waals surface area contributed by atoms with Crippen LogP contribution >= 0.6 is 0 Å². The molecule has 0 saturated heterocycles. The summed E-state index contributed by atoms with van der Waals surface area (Å²) < 4.78 is 41.6. The van der Waals surface area contributed by atoms with Gasteiger partial charge in [-0.25, -0.2) is 19.3 Å². The lowest BCUT2D eigenvalue weighted by Gasteiger charge is -2.21. The Kier molecular flexibility index (Phi) is 3.47. The van der Waals surface area contributed by atoms with Crippen LogP contribution in [0.15, 0.2) is 18.5 Å². The van der Waals surface area contributed by atoms with Gasteiger partial charge >= 0.3 is 5.92 Å². The van der Waals surface area contributed by atoms with Crippen LogP contribution in [0.5, 0.6) is 0 Å². The number of pyridine rings is 1. The molecule has 3 heterocycles. The molecular weight excluding hydrogens is 347 g/mol. The number of carbonyl (C=O) groups is 1. The predicted molar refractivity (Wildman–Crippen MR) is 88.0 cm³/mol. The number of fused-ring (bicyclic) bond motifs is 2. The fraction of sp³-hybridized carbons (Fsp3) is 0.412. The van der Waals surface area contributed by atoms with Gasteiger partial charge in [-0.2, -0.15) is 8.78 Å². The van der Waals surface area contributed by atoms with Gasteiger partial charge in [-0.05, 0) is 12.8 Å². The summed E-state index contributed by atoms with van der Waals surface area (Å²) >= 11 is 0. The number of hydrogen-bond acceptors (Lipinski definition) is 5. The zero-order valence-electron chi connectivity index (χ0n) is 14.2. The molecule has 0 aromatic carbocycles. The van der Waals surface area contributed by atoms with Gasteiger partial charge in [0.05, 0.1) is 11.9 Å². The monoisotopic (exact) mass is 363 g/mol. The van der Waals surface area contributed by atoms with E-state index in [9.17, 15) is 18.0 Å². The zero-order valence-corrected chi connectivity index (χ0v) is 14.2. The standard InChI is InChI=1S/C17H16F3N5O/c1-9(26)23-13-5-12-10(6-21-13)17(3-4-17)8-25(12)14-11(18)7-22-15(24-14)16(2,19)20/h5-7H,3-4,8H2,1-2H3,(H,21,23,26). The Morgan fingerprint density at radius 3 is 2.65 bits per heavy atom. The number of anilines is 3. The minimum Gasteiger partial charge on any atom is -0.322 e. The molecule has 136 valence electrons. The molecule has 1 aliphatic heterocycles. The first kappa shape index (κ1) is 16.7. The van der Waals surface area contributed by atoms with Crippen molar-refractivity contribution in [1.82, 2.24) is 15.0 Å². The van der Waals surface area contributed by atoms with Crippen LogP contribution in [0.1, 0.15) is 38.1 Å². The highest BCUT2D eigenvalue weighted by atomic mass is 19.3. The number of nitrogens with zero attached hydrogens (tertiary/aromatic N) is 4. The normalized spacial score (nSPS) is 17.3. The summed E-state index contributed by atoms with van der Waals surface area (Å²) in [6, 6.07) is 1.62. The number of rotatable bonds is 3. The number of aromatic nitrogens is 3. The first-order valence-corrected chi connectivity index (χ1v) is 8.16. The van der Waals surface area contributed by atoms with E-state index in [1.54, 1.807) is 17.2 Å². The lowest BCUT2D eigenvalue weighted by atomic mass is 10.0. The quantitative estimate of drug-likeness (QED) is 0.906. The van der Waals surface area contributed by atoms with Crippen LogP contribution in [-0.4, -0.2) is 27.4 Å². The summed E-state index contributed by atoms with van der Waals surface area (Å²) in [7, 11) is 0. The highest BCUT2D eigenvalue weighted by Gasteiger charge is 2.53. The minimum absolute atomic E-state index is 0.163. The van der Waals surface area contributed by atoms with Gasteiger partial charge < -0.3 is 10.2 Å². The number of halogens is 3. The zero-order chi connectivity index (χ0) is 18.7. The van der Waals surface area contributed by atoms with E-state index in [1.165, 1.54) is 6.92 Å². The Labute approximate surface area is 147 Å². The molecule has 1 spiro atoms. The Morgan fingerprint density at radius 1 is 1.31 bits per heavy atom. The van der Waals surface area contributed by atoms with E-state index >= 15 is 0 Å². The van der Waals surface area contributed by atoms with Crippen molar-refractivity contribution in [2.75, 3.05) is 16.8 Å². The number of amides is 1. The van der Waals surface area contributed by atoms with Crippen LogP contribution in [0.4, 0.5) is 30.5 Å². The van der Waals surface area contributed by atoms with Crippen LogP contribution in [-0.2, 0) is 16.1 Å². The maximum Gasteiger partial charge on any atom is 0.303 e. The molecule has 2 aromatic rings. The largest absolute Gasteiger partial charge is 0.322 e. The molecule has 6 nitrogen and oxygen atoms in total. The van der Waals surface area contributed by atoms with Crippen LogP contribution in [0.3, 0.4) is 0 Å². The Morgan fingerprint density at radius 2 is 2.04 bits per heavy atom. The molecule has 1 N–H and O–H groups in total. The maximum absolute atomic E-state index is 14.4. The summed E-state index contributed by atoms with van der Waals surface area (Å²) in [5.74, 6) is -4.95.